The van der Waals surface area contributed by atoms with Crippen LogP contribution in [0.2, 0.25) is 5.02 Å². The van der Waals surface area contributed by atoms with Crippen molar-refractivity contribution in [1.82, 2.24) is 9.78 Å². The maximum atomic E-state index is 12.4. The van der Waals surface area contributed by atoms with E-state index in [1.165, 1.54) is 18.0 Å². The summed E-state index contributed by atoms with van der Waals surface area (Å²) < 4.78 is 43.6. The third-order valence-corrected chi connectivity index (χ3v) is 2.74. The van der Waals surface area contributed by atoms with Gasteiger partial charge in [-0.15, -0.1) is 0 Å². The quantitative estimate of drug-likeness (QED) is 0.863. The van der Waals surface area contributed by atoms with E-state index in [9.17, 15) is 13.2 Å². The van der Waals surface area contributed by atoms with E-state index in [4.69, 9.17) is 16.3 Å². The first-order chi connectivity index (χ1) is 8.90. The van der Waals surface area contributed by atoms with E-state index in [0.717, 1.165) is 6.07 Å². The first kappa shape index (κ1) is 13.7. The highest BCUT2D eigenvalue weighted by Gasteiger charge is 2.33. The molecule has 0 fully saturated rings. The molecule has 102 valence electrons. The van der Waals surface area contributed by atoms with Crippen molar-refractivity contribution < 1.29 is 17.9 Å². The lowest BCUT2D eigenvalue weighted by molar-refractivity contribution is -0.141. The highest BCUT2D eigenvalue weighted by atomic mass is 35.5. The number of ether oxygens (including phenoxy) is 1. The van der Waals surface area contributed by atoms with Crippen LogP contribution in [-0.2, 0) is 12.7 Å². The van der Waals surface area contributed by atoms with Crippen molar-refractivity contribution in [1.29, 1.82) is 0 Å². The van der Waals surface area contributed by atoms with Gasteiger partial charge in [0.05, 0.1) is 13.7 Å². The first-order valence-corrected chi connectivity index (χ1v) is 5.71. The Bertz CT molecular complexity index is 581. The predicted molar refractivity (Wildman–Crippen MR) is 64.3 cm³/mol. The minimum absolute atomic E-state index is 0.153. The summed E-state index contributed by atoms with van der Waals surface area (Å²) in [5.41, 5.74) is -0.264. The largest absolute Gasteiger partial charge is 0.496 e. The zero-order chi connectivity index (χ0) is 14.0. The van der Waals surface area contributed by atoms with Gasteiger partial charge in [0, 0.05) is 16.8 Å². The number of methoxy groups -OCH3 is 1. The maximum Gasteiger partial charge on any atom is 0.435 e. The van der Waals surface area contributed by atoms with Gasteiger partial charge in [-0.2, -0.15) is 18.3 Å². The van der Waals surface area contributed by atoms with Crippen LogP contribution in [0.25, 0.3) is 0 Å². The van der Waals surface area contributed by atoms with Crippen molar-refractivity contribution in [2.24, 2.45) is 0 Å². The number of nitrogens with zero attached hydrogens (tertiary/aromatic N) is 2. The molecule has 2 rings (SSSR count). The molecule has 0 aliphatic carbocycles. The highest BCUT2D eigenvalue weighted by molar-refractivity contribution is 6.30. The third-order valence-electron chi connectivity index (χ3n) is 2.51. The molecule has 0 unspecified atom stereocenters. The molecule has 0 aliphatic rings. The van der Waals surface area contributed by atoms with Crippen LogP contribution >= 0.6 is 11.6 Å². The van der Waals surface area contributed by atoms with Gasteiger partial charge in [0.2, 0.25) is 0 Å². The van der Waals surface area contributed by atoms with Gasteiger partial charge in [0.1, 0.15) is 5.75 Å². The summed E-state index contributed by atoms with van der Waals surface area (Å²) in [6.07, 6.45) is -3.17. The molecule has 0 aliphatic heterocycles. The van der Waals surface area contributed by atoms with E-state index in [1.54, 1.807) is 18.2 Å². The van der Waals surface area contributed by atoms with Gasteiger partial charge in [-0.3, -0.25) is 4.68 Å². The minimum Gasteiger partial charge on any atom is -0.496 e. The molecule has 0 radical (unpaired) electrons. The Labute approximate surface area is 112 Å². The molecule has 0 atom stereocenters. The van der Waals surface area contributed by atoms with Crippen LogP contribution in [0.4, 0.5) is 13.2 Å². The third kappa shape index (κ3) is 3.20. The fourth-order valence-corrected chi connectivity index (χ4v) is 1.84. The van der Waals surface area contributed by atoms with E-state index in [0.29, 0.717) is 16.3 Å². The molecule has 3 nitrogen and oxygen atoms in total. The Kier molecular flexibility index (Phi) is 3.71. The fourth-order valence-electron chi connectivity index (χ4n) is 1.65. The lowest BCUT2D eigenvalue weighted by Gasteiger charge is -2.09. The van der Waals surface area contributed by atoms with Crippen molar-refractivity contribution in [3.63, 3.8) is 0 Å². The second-order valence-corrected chi connectivity index (χ2v) is 4.29. The van der Waals surface area contributed by atoms with Crippen LogP contribution in [0.15, 0.2) is 30.5 Å². The molecule has 1 aromatic carbocycles. The van der Waals surface area contributed by atoms with Gasteiger partial charge in [0.15, 0.2) is 5.69 Å². The molecule has 0 spiro atoms. The SMILES string of the molecule is COc1ccc(Cl)cc1Cn1ccc(C(F)(F)F)n1. The summed E-state index contributed by atoms with van der Waals surface area (Å²) >= 11 is 5.85. The Morgan fingerprint density at radius 2 is 2.05 bits per heavy atom. The van der Waals surface area contributed by atoms with Crippen LogP contribution in [-0.4, -0.2) is 16.9 Å². The molecular weight excluding hydrogens is 281 g/mol. The number of hydrogen-bond acceptors (Lipinski definition) is 2. The molecule has 0 saturated carbocycles. The number of aromatic nitrogens is 2. The van der Waals surface area contributed by atoms with E-state index in [2.05, 4.69) is 5.10 Å². The Morgan fingerprint density at radius 1 is 1.32 bits per heavy atom. The van der Waals surface area contributed by atoms with Crippen molar-refractivity contribution >= 4 is 11.6 Å². The van der Waals surface area contributed by atoms with Crippen molar-refractivity contribution in [3.8, 4) is 5.75 Å². The summed E-state index contributed by atoms with van der Waals surface area (Å²) in [5.74, 6) is 0.549. The average molecular weight is 291 g/mol. The molecule has 2 aromatic rings. The van der Waals surface area contributed by atoms with Gasteiger partial charge in [-0.1, -0.05) is 11.6 Å². The molecular formula is C12H10ClF3N2O. The van der Waals surface area contributed by atoms with Gasteiger partial charge in [-0.05, 0) is 24.3 Å². The lowest BCUT2D eigenvalue weighted by atomic mass is 10.2. The van der Waals surface area contributed by atoms with Gasteiger partial charge in [-0.25, -0.2) is 0 Å². The number of rotatable bonds is 3. The Hall–Kier alpha value is -1.69. The topological polar surface area (TPSA) is 27.1 Å². The molecule has 1 aromatic heterocycles. The smallest absolute Gasteiger partial charge is 0.435 e. The van der Waals surface area contributed by atoms with Gasteiger partial charge < -0.3 is 4.74 Å². The van der Waals surface area contributed by atoms with E-state index >= 15 is 0 Å². The van der Waals surface area contributed by atoms with Crippen molar-refractivity contribution in [2.45, 2.75) is 12.7 Å². The van der Waals surface area contributed by atoms with Gasteiger partial charge >= 0.3 is 6.18 Å². The summed E-state index contributed by atoms with van der Waals surface area (Å²) in [7, 11) is 1.48. The summed E-state index contributed by atoms with van der Waals surface area (Å²) in [6, 6.07) is 5.87. The number of alkyl halides is 3. The van der Waals surface area contributed by atoms with Crippen LogP contribution in [0.5, 0.6) is 5.75 Å². The first-order valence-electron chi connectivity index (χ1n) is 5.33. The van der Waals surface area contributed by atoms with Crippen molar-refractivity contribution in [2.75, 3.05) is 7.11 Å². The molecule has 0 bridgehead atoms. The summed E-state index contributed by atoms with van der Waals surface area (Å²) in [4.78, 5) is 0. The fraction of sp³-hybridized carbons (Fsp3) is 0.250. The number of benzene rings is 1. The van der Waals surface area contributed by atoms with Crippen LogP contribution in [0, 0.1) is 0 Å². The lowest BCUT2D eigenvalue weighted by Crippen LogP contribution is -2.09. The zero-order valence-corrected chi connectivity index (χ0v) is 10.7. The Morgan fingerprint density at radius 3 is 2.63 bits per heavy atom. The normalized spacial score (nSPS) is 11.6. The highest BCUT2D eigenvalue weighted by Crippen LogP contribution is 2.28. The minimum atomic E-state index is -4.44. The molecule has 0 amide bonds. The van der Waals surface area contributed by atoms with E-state index < -0.39 is 11.9 Å². The standard InChI is InChI=1S/C12H10ClF3N2O/c1-19-10-3-2-9(13)6-8(10)7-18-5-4-11(17-18)12(14,15)16/h2-6H,7H2,1H3. The molecule has 1 heterocycles. The Balaban J connectivity index is 2.26. The van der Waals surface area contributed by atoms with Crippen LogP contribution in [0.1, 0.15) is 11.3 Å². The number of hydrogen-bond donors (Lipinski definition) is 0. The summed E-state index contributed by atoms with van der Waals surface area (Å²) in [6.45, 7) is 0.153. The zero-order valence-electron chi connectivity index (χ0n) is 9.91. The second-order valence-electron chi connectivity index (χ2n) is 3.85. The predicted octanol–water partition coefficient (Wildman–Crippen LogP) is 3.61. The van der Waals surface area contributed by atoms with Crippen molar-refractivity contribution in [3.05, 3.63) is 46.7 Å². The average Bonchev–Trinajstić information content (AvgIpc) is 2.77. The second kappa shape index (κ2) is 5.13. The molecule has 19 heavy (non-hydrogen) atoms. The molecule has 7 heteroatoms. The van der Waals surface area contributed by atoms with Gasteiger partial charge in [0.25, 0.3) is 0 Å². The summed E-state index contributed by atoms with van der Waals surface area (Å²) in [5, 5.41) is 3.96. The van der Waals surface area contributed by atoms with E-state index in [-0.39, 0.29) is 6.54 Å². The molecule has 0 N–H and O–H groups in total. The van der Waals surface area contributed by atoms with E-state index in [1.807, 2.05) is 0 Å². The monoisotopic (exact) mass is 290 g/mol. The number of halogens is 4. The van der Waals surface area contributed by atoms with Crippen LogP contribution < -0.4 is 4.74 Å². The van der Waals surface area contributed by atoms with Crippen LogP contribution in [0.3, 0.4) is 0 Å². The molecule has 0 saturated heterocycles. The maximum absolute atomic E-state index is 12.4.